The molecule has 0 bridgehead atoms. The fourth-order valence-corrected chi connectivity index (χ4v) is 2.77. The van der Waals surface area contributed by atoms with Crippen LogP contribution in [0, 0.1) is 0 Å². The molecule has 2 heterocycles. The molecule has 1 saturated heterocycles. The Balaban J connectivity index is 2.19. The Kier molecular flexibility index (Phi) is 2.37. The van der Waals surface area contributed by atoms with Gasteiger partial charge in [-0.15, -0.1) is 0 Å². The summed E-state index contributed by atoms with van der Waals surface area (Å²) < 4.78 is 2.22. The van der Waals surface area contributed by atoms with Gasteiger partial charge in [0.1, 0.15) is 0 Å². The highest BCUT2D eigenvalue weighted by Gasteiger charge is 2.18. The zero-order valence-corrected chi connectivity index (χ0v) is 7.76. The van der Waals surface area contributed by atoms with Crippen molar-refractivity contribution in [3.8, 4) is 0 Å². The van der Waals surface area contributed by atoms with Gasteiger partial charge in [-0.25, -0.2) is 4.98 Å². The van der Waals surface area contributed by atoms with Gasteiger partial charge in [0.05, 0.1) is 12.0 Å². The van der Waals surface area contributed by atoms with E-state index in [0.29, 0.717) is 12.6 Å². The summed E-state index contributed by atoms with van der Waals surface area (Å²) in [5.41, 5.74) is 6.75. The lowest BCUT2D eigenvalue weighted by molar-refractivity contribution is 0.539. The van der Waals surface area contributed by atoms with Crippen LogP contribution in [0.5, 0.6) is 0 Å². The molecule has 1 unspecified atom stereocenters. The SMILES string of the molecule is NCc1cncn1C1CCSC1. The van der Waals surface area contributed by atoms with Crippen molar-refractivity contribution in [1.29, 1.82) is 0 Å². The minimum absolute atomic E-state index is 0.598. The molecule has 3 nitrogen and oxygen atoms in total. The Labute approximate surface area is 76.4 Å². The number of nitrogens with zero attached hydrogens (tertiary/aromatic N) is 2. The molecule has 2 rings (SSSR count). The van der Waals surface area contributed by atoms with Crippen molar-refractivity contribution in [2.75, 3.05) is 11.5 Å². The van der Waals surface area contributed by atoms with Crippen LogP contribution in [0.2, 0.25) is 0 Å². The molecular formula is C8H13N3S. The fourth-order valence-electron chi connectivity index (χ4n) is 1.56. The summed E-state index contributed by atoms with van der Waals surface area (Å²) in [4.78, 5) is 4.11. The summed E-state index contributed by atoms with van der Waals surface area (Å²) in [6.07, 6.45) is 5.02. The third-order valence-corrected chi connectivity index (χ3v) is 3.40. The average Bonchev–Trinajstić information content (AvgIpc) is 2.74. The first-order chi connectivity index (χ1) is 5.92. The smallest absolute Gasteiger partial charge is 0.0951 e. The van der Waals surface area contributed by atoms with Gasteiger partial charge >= 0.3 is 0 Å². The number of hydrogen-bond acceptors (Lipinski definition) is 3. The van der Waals surface area contributed by atoms with Gasteiger partial charge in [-0.1, -0.05) is 0 Å². The van der Waals surface area contributed by atoms with Gasteiger partial charge in [0.15, 0.2) is 0 Å². The lowest BCUT2D eigenvalue weighted by Gasteiger charge is -2.12. The lowest BCUT2D eigenvalue weighted by atomic mass is 10.2. The van der Waals surface area contributed by atoms with E-state index >= 15 is 0 Å². The molecular weight excluding hydrogens is 170 g/mol. The van der Waals surface area contributed by atoms with E-state index < -0.39 is 0 Å². The second-order valence-corrected chi connectivity index (χ2v) is 4.16. The van der Waals surface area contributed by atoms with E-state index in [1.807, 2.05) is 24.3 Å². The Morgan fingerprint density at radius 3 is 3.33 bits per heavy atom. The molecule has 1 aromatic rings. The van der Waals surface area contributed by atoms with E-state index in [0.717, 1.165) is 5.69 Å². The Morgan fingerprint density at radius 1 is 1.75 bits per heavy atom. The van der Waals surface area contributed by atoms with Crippen LogP contribution in [0.3, 0.4) is 0 Å². The maximum absolute atomic E-state index is 5.60. The van der Waals surface area contributed by atoms with Crippen molar-refractivity contribution in [3.63, 3.8) is 0 Å². The maximum atomic E-state index is 5.60. The van der Waals surface area contributed by atoms with Crippen molar-refractivity contribution in [2.45, 2.75) is 19.0 Å². The van der Waals surface area contributed by atoms with Crippen molar-refractivity contribution in [2.24, 2.45) is 5.73 Å². The van der Waals surface area contributed by atoms with Gasteiger partial charge in [0, 0.05) is 24.5 Å². The highest BCUT2D eigenvalue weighted by Crippen LogP contribution is 2.28. The van der Waals surface area contributed by atoms with Crippen LogP contribution in [0.1, 0.15) is 18.2 Å². The molecule has 0 radical (unpaired) electrons. The molecule has 1 atom stereocenters. The standard InChI is InChI=1S/C8H13N3S/c9-3-8-4-10-6-11(8)7-1-2-12-5-7/h4,6-7H,1-3,5,9H2. The first kappa shape index (κ1) is 8.13. The highest BCUT2D eigenvalue weighted by molar-refractivity contribution is 7.99. The number of aromatic nitrogens is 2. The molecule has 1 aliphatic heterocycles. The summed E-state index contributed by atoms with van der Waals surface area (Å²) in [6.45, 7) is 0.598. The topological polar surface area (TPSA) is 43.8 Å². The lowest BCUT2D eigenvalue weighted by Crippen LogP contribution is -2.12. The summed E-state index contributed by atoms with van der Waals surface area (Å²) >= 11 is 2.01. The molecule has 4 heteroatoms. The van der Waals surface area contributed by atoms with Gasteiger partial charge in [0.2, 0.25) is 0 Å². The van der Waals surface area contributed by atoms with E-state index in [1.165, 1.54) is 17.9 Å². The molecule has 12 heavy (non-hydrogen) atoms. The maximum Gasteiger partial charge on any atom is 0.0951 e. The van der Waals surface area contributed by atoms with Crippen LogP contribution in [-0.4, -0.2) is 21.1 Å². The van der Waals surface area contributed by atoms with E-state index in [9.17, 15) is 0 Å². The Hall–Kier alpha value is -0.480. The minimum Gasteiger partial charge on any atom is -0.329 e. The second-order valence-electron chi connectivity index (χ2n) is 3.01. The van der Waals surface area contributed by atoms with Crippen LogP contribution in [0.4, 0.5) is 0 Å². The zero-order valence-electron chi connectivity index (χ0n) is 6.94. The third-order valence-electron chi connectivity index (χ3n) is 2.25. The summed E-state index contributed by atoms with van der Waals surface area (Å²) in [7, 11) is 0. The van der Waals surface area contributed by atoms with Gasteiger partial charge < -0.3 is 10.3 Å². The molecule has 0 aliphatic carbocycles. The van der Waals surface area contributed by atoms with Crippen LogP contribution < -0.4 is 5.73 Å². The largest absolute Gasteiger partial charge is 0.329 e. The molecule has 1 fully saturated rings. The van der Waals surface area contributed by atoms with Crippen LogP contribution in [-0.2, 0) is 6.54 Å². The van der Waals surface area contributed by atoms with Crippen molar-refractivity contribution < 1.29 is 0 Å². The van der Waals surface area contributed by atoms with Gasteiger partial charge in [0.25, 0.3) is 0 Å². The Morgan fingerprint density at radius 2 is 2.67 bits per heavy atom. The van der Waals surface area contributed by atoms with E-state index in [4.69, 9.17) is 5.73 Å². The monoisotopic (exact) mass is 183 g/mol. The van der Waals surface area contributed by atoms with Crippen LogP contribution in [0.25, 0.3) is 0 Å². The second kappa shape index (κ2) is 3.49. The highest BCUT2D eigenvalue weighted by atomic mass is 32.2. The molecule has 66 valence electrons. The molecule has 0 saturated carbocycles. The number of rotatable bonds is 2. The first-order valence-corrected chi connectivity index (χ1v) is 5.36. The number of nitrogens with two attached hydrogens (primary N) is 1. The molecule has 1 aliphatic rings. The minimum atomic E-state index is 0.598. The summed E-state index contributed by atoms with van der Waals surface area (Å²) in [5, 5.41) is 0. The van der Waals surface area contributed by atoms with Gasteiger partial charge in [-0.05, 0) is 12.2 Å². The van der Waals surface area contributed by atoms with Gasteiger partial charge in [-0.2, -0.15) is 11.8 Å². The number of imidazole rings is 1. The average molecular weight is 183 g/mol. The molecule has 0 spiro atoms. The van der Waals surface area contributed by atoms with Crippen LogP contribution in [0.15, 0.2) is 12.5 Å². The third kappa shape index (κ3) is 1.36. The normalized spacial score (nSPS) is 23.2. The van der Waals surface area contributed by atoms with Gasteiger partial charge in [-0.3, -0.25) is 0 Å². The van der Waals surface area contributed by atoms with Crippen molar-refractivity contribution in [1.82, 2.24) is 9.55 Å². The quantitative estimate of drug-likeness (QED) is 0.744. The van der Waals surface area contributed by atoms with E-state index in [2.05, 4.69) is 9.55 Å². The Bertz CT molecular complexity index is 253. The predicted octanol–water partition coefficient (Wildman–Crippen LogP) is 1.02. The molecule has 0 amide bonds. The molecule has 0 aromatic carbocycles. The first-order valence-electron chi connectivity index (χ1n) is 4.20. The van der Waals surface area contributed by atoms with Crippen molar-refractivity contribution in [3.05, 3.63) is 18.2 Å². The van der Waals surface area contributed by atoms with Crippen LogP contribution >= 0.6 is 11.8 Å². The zero-order chi connectivity index (χ0) is 8.39. The van der Waals surface area contributed by atoms with E-state index in [1.54, 1.807) is 0 Å². The number of thioether (sulfide) groups is 1. The number of hydrogen-bond donors (Lipinski definition) is 1. The molecule has 1 aromatic heterocycles. The summed E-state index contributed by atoms with van der Waals surface area (Å²) in [6, 6.07) is 0.635. The fraction of sp³-hybridized carbons (Fsp3) is 0.625. The summed E-state index contributed by atoms with van der Waals surface area (Å²) in [5.74, 6) is 2.48. The molecule has 2 N–H and O–H groups in total. The predicted molar refractivity (Wildman–Crippen MR) is 51.1 cm³/mol. The van der Waals surface area contributed by atoms with E-state index in [-0.39, 0.29) is 0 Å². The van der Waals surface area contributed by atoms with Crippen molar-refractivity contribution >= 4 is 11.8 Å².